The molecule has 0 radical (unpaired) electrons. The molecule has 0 saturated carbocycles. The Morgan fingerprint density at radius 2 is 1.94 bits per heavy atom. The molecular formula is C14H11ClN2O. The van der Waals surface area contributed by atoms with Crippen molar-refractivity contribution in [3.05, 3.63) is 65.1 Å². The molecule has 1 N–H and O–H groups in total. The molecule has 18 heavy (non-hydrogen) atoms. The standard InChI is InChI=1S/C14H11ClN2O/c15-13-4-2-1-3-10(13)7-11-8-17-9-12(18)5-6-14(17)16-11/h1-6,8-9,18H,7H2. The van der Waals surface area contributed by atoms with Gasteiger partial charge in [-0.3, -0.25) is 0 Å². The number of aromatic hydroxyl groups is 1. The summed E-state index contributed by atoms with van der Waals surface area (Å²) in [6, 6.07) is 11.1. The fraction of sp³-hybridized carbons (Fsp3) is 0.0714. The number of rotatable bonds is 2. The zero-order valence-corrected chi connectivity index (χ0v) is 10.3. The van der Waals surface area contributed by atoms with Crippen LogP contribution >= 0.6 is 11.6 Å². The number of hydrogen-bond acceptors (Lipinski definition) is 2. The molecule has 0 fully saturated rings. The van der Waals surface area contributed by atoms with Gasteiger partial charge in [0.05, 0.1) is 11.9 Å². The van der Waals surface area contributed by atoms with Crippen LogP contribution in [0, 0.1) is 0 Å². The predicted molar refractivity (Wildman–Crippen MR) is 71.1 cm³/mol. The van der Waals surface area contributed by atoms with Crippen molar-refractivity contribution in [3.8, 4) is 5.75 Å². The number of aromatic nitrogens is 2. The first-order valence-electron chi connectivity index (χ1n) is 5.62. The Morgan fingerprint density at radius 1 is 1.11 bits per heavy atom. The van der Waals surface area contributed by atoms with E-state index in [1.165, 1.54) is 0 Å². The Hall–Kier alpha value is -2.00. The third-order valence-corrected chi connectivity index (χ3v) is 3.18. The zero-order chi connectivity index (χ0) is 12.5. The smallest absolute Gasteiger partial charge is 0.137 e. The largest absolute Gasteiger partial charge is 0.506 e. The van der Waals surface area contributed by atoms with E-state index in [2.05, 4.69) is 4.98 Å². The lowest BCUT2D eigenvalue weighted by Gasteiger charge is -2.00. The Morgan fingerprint density at radius 3 is 2.78 bits per heavy atom. The maximum atomic E-state index is 9.40. The van der Waals surface area contributed by atoms with E-state index in [-0.39, 0.29) is 5.75 Å². The number of imidazole rings is 1. The average Bonchev–Trinajstić information content (AvgIpc) is 2.73. The summed E-state index contributed by atoms with van der Waals surface area (Å²) < 4.78 is 1.81. The Balaban J connectivity index is 1.98. The fourth-order valence-corrected chi connectivity index (χ4v) is 2.16. The monoisotopic (exact) mass is 258 g/mol. The molecular weight excluding hydrogens is 248 g/mol. The molecule has 2 heterocycles. The number of halogens is 1. The van der Waals surface area contributed by atoms with Crippen LogP contribution in [0.3, 0.4) is 0 Å². The number of hydrogen-bond donors (Lipinski definition) is 1. The summed E-state index contributed by atoms with van der Waals surface area (Å²) in [6.45, 7) is 0. The van der Waals surface area contributed by atoms with Crippen LogP contribution in [-0.4, -0.2) is 14.5 Å². The zero-order valence-electron chi connectivity index (χ0n) is 9.55. The van der Waals surface area contributed by atoms with Gasteiger partial charge < -0.3 is 9.51 Å². The van der Waals surface area contributed by atoms with Gasteiger partial charge in [-0.05, 0) is 23.8 Å². The van der Waals surface area contributed by atoms with Crippen LogP contribution in [0.4, 0.5) is 0 Å². The van der Waals surface area contributed by atoms with Gasteiger partial charge in [-0.1, -0.05) is 29.8 Å². The molecule has 1 aromatic carbocycles. The summed E-state index contributed by atoms with van der Waals surface area (Å²) in [5, 5.41) is 10.2. The van der Waals surface area contributed by atoms with Gasteiger partial charge in [-0.15, -0.1) is 0 Å². The molecule has 0 amide bonds. The van der Waals surface area contributed by atoms with Crippen LogP contribution in [0.1, 0.15) is 11.3 Å². The number of benzene rings is 1. The SMILES string of the molecule is Oc1ccc2nc(Cc3ccccc3Cl)cn2c1. The lowest BCUT2D eigenvalue weighted by Crippen LogP contribution is -1.88. The van der Waals surface area contributed by atoms with Gasteiger partial charge >= 0.3 is 0 Å². The first-order valence-corrected chi connectivity index (χ1v) is 6.00. The first-order chi connectivity index (χ1) is 8.72. The van der Waals surface area contributed by atoms with Crippen LogP contribution in [0.5, 0.6) is 5.75 Å². The van der Waals surface area contributed by atoms with Gasteiger partial charge in [-0.25, -0.2) is 4.98 Å². The lowest BCUT2D eigenvalue weighted by molar-refractivity contribution is 0.472. The van der Waals surface area contributed by atoms with E-state index in [4.69, 9.17) is 11.6 Å². The molecule has 3 nitrogen and oxygen atoms in total. The van der Waals surface area contributed by atoms with Crippen LogP contribution in [-0.2, 0) is 6.42 Å². The number of pyridine rings is 1. The van der Waals surface area contributed by atoms with E-state index < -0.39 is 0 Å². The molecule has 0 bridgehead atoms. The van der Waals surface area contributed by atoms with Crippen LogP contribution in [0.25, 0.3) is 5.65 Å². The van der Waals surface area contributed by atoms with Crippen LogP contribution in [0.2, 0.25) is 5.02 Å². The average molecular weight is 259 g/mol. The van der Waals surface area contributed by atoms with Crippen molar-refractivity contribution in [2.45, 2.75) is 6.42 Å². The minimum Gasteiger partial charge on any atom is -0.506 e. The number of nitrogens with zero attached hydrogens (tertiary/aromatic N) is 2. The Bertz CT molecular complexity index is 706. The van der Waals surface area contributed by atoms with E-state index >= 15 is 0 Å². The molecule has 3 aromatic rings. The van der Waals surface area contributed by atoms with Gasteiger partial charge in [0, 0.05) is 17.6 Å². The highest BCUT2D eigenvalue weighted by molar-refractivity contribution is 6.31. The third-order valence-electron chi connectivity index (χ3n) is 2.81. The van der Waals surface area contributed by atoms with Crippen molar-refractivity contribution in [3.63, 3.8) is 0 Å². The van der Waals surface area contributed by atoms with Crippen molar-refractivity contribution >= 4 is 17.2 Å². The summed E-state index contributed by atoms with van der Waals surface area (Å²) in [7, 11) is 0. The minimum atomic E-state index is 0.226. The summed E-state index contributed by atoms with van der Waals surface area (Å²) in [5.41, 5.74) is 2.79. The molecule has 0 atom stereocenters. The van der Waals surface area contributed by atoms with Crippen LogP contribution in [0.15, 0.2) is 48.8 Å². The van der Waals surface area contributed by atoms with Crippen LogP contribution < -0.4 is 0 Å². The highest BCUT2D eigenvalue weighted by Crippen LogP contribution is 2.19. The second-order valence-corrected chi connectivity index (χ2v) is 4.56. The van der Waals surface area contributed by atoms with Crippen molar-refractivity contribution in [2.24, 2.45) is 0 Å². The van der Waals surface area contributed by atoms with Gasteiger partial charge in [0.25, 0.3) is 0 Å². The molecule has 4 heteroatoms. The number of fused-ring (bicyclic) bond motifs is 1. The van der Waals surface area contributed by atoms with Crippen molar-refractivity contribution in [2.75, 3.05) is 0 Å². The van der Waals surface area contributed by atoms with Crippen molar-refractivity contribution in [1.82, 2.24) is 9.38 Å². The predicted octanol–water partition coefficient (Wildman–Crippen LogP) is 3.28. The highest BCUT2D eigenvalue weighted by Gasteiger charge is 2.05. The van der Waals surface area contributed by atoms with Gasteiger partial charge in [0.2, 0.25) is 0 Å². The van der Waals surface area contributed by atoms with Gasteiger partial charge in [-0.2, -0.15) is 0 Å². The van der Waals surface area contributed by atoms with Gasteiger partial charge in [0.1, 0.15) is 11.4 Å². The maximum absolute atomic E-state index is 9.40. The Kier molecular flexibility index (Phi) is 2.68. The molecule has 0 aliphatic carbocycles. The van der Waals surface area contributed by atoms with Crippen molar-refractivity contribution in [1.29, 1.82) is 0 Å². The molecule has 0 unspecified atom stereocenters. The summed E-state index contributed by atoms with van der Waals surface area (Å²) in [4.78, 5) is 4.48. The fourth-order valence-electron chi connectivity index (χ4n) is 1.95. The second kappa shape index (κ2) is 4.35. The summed E-state index contributed by atoms with van der Waals surface area (Å²) in [5.74, 6) is 0.226. The lowest BCUT2D eigenvalue weighted by atomic mass is 10.1. The molecule has 2 aromatic heterocycles. The normalized spacial score (nSPS) is 10.9. The molecule has 0 saturated heterocycles. The molecule has 90 valence electrons. The quantitative estimate of drug-likeness (QED) is 0.766. The van der Waals surface area contributed by atoms with Crippen molar-refractivity contribution < 1.29 is 5.11 Å². The van der Waals surface area contributed by atoms with Gasteiger partial charge in [0.15, 0.2) is 0 Å². The van der Waals surface area contributed by atoms with E-state index in [9.17, 15) is 5.11 Å². The second-order valence-electron chi connectivity index (χ2n) is 4.15. The molecule has 0 aliphatic rings. The molecule has 0 aliphatic heterocycles. The van der Waals surface area contributed by atoms with E-state index in [0.29, 0.717) is 6.42 Å². The first kappa shape index (κ1) is 11.1. The van der Waals surface area contributed by atoms with E-state index in [1.54, 1.807) is 18.3 Å². The molecule has 0 spiro atoms. The highest BCUT2D eigenvalue weighted by atomic mass is 35.5. The summed E-state index contributed by atoms with van der Waals surface area (Å²) >= 11 is 6.12. The van der Waals surface area contributed by atoms with E-state index in [0.717, 1.165) is 21.9 Å². The third kappa shape index (κ3) is 2.05. The molecule has 3 rings (SSSR count). The Labute approximate surface area is 109 Å². The minimum absolute atomic E-state index is 0.226. The van der Waals surface area contributed by atoms with E-state index in [1.807, 2.05) is 34.9 Å². The topological polar surface area (TPSA) is 37.5 Å². The summed E-state index contributed by atoms with van der Waals surface area (Å²) in [6.07, 6.45) is 4.22. The maximum Gasteiger partial charge on any atom is 0.137 e.